The Bertz CT molecular complexity index is 1240. The SMILES string of the molecule is CC1(C)C(NC(=O)c2cnn3ccncc23)C(C)(C)C1NC(=O)c1cnn2ccncc12. The molecular formula is C22H24N8O2. The third-order valence-electron chi connectivity index (χ3n) is 6.67. The highest BCUT2D eigenvalue weighted by Gasteiger charge is 2.62. The molecule has 32 heavy (non-hydrogen) atoms. The molecule has 0 unspecified atom stereocenters. The van der Waals surface area contributed by atoms with Crippen LogP contribution in [0.3, 0.4) is 0 Å². The lowest BCUT2D eigenvalue weighted by Gasteiger charge is -2.64. The molecule has 1 aliphatic carbocycles. The molecule has 4 aromatic heterocycles. The van der Waals surface area contributed by atoms with E-state index in [1.54, 1.807) is 58.6 Å². The lowest BCUT2D eigenvalue weighted by atomic mass is 9.48. The summed E-state index contributed by atoms with van der Waals surface area (Å²) in [7, 11) is 0. The number of carbonyl (C=O) groups is 2. The van der Waals surface area contributed by atoms with Crippen molar-refractivity contribution in [1.82, 2.24) is 39.8 Å². The Labute approximate surface area is 184 Å². The van der Waals surface area contributed by atoms with Crippen molar-refractivity contribution in [1.29, 1.82) is 0 Å². The molecule has 2 amide bonds. The largest absolute Gasteiger partial charge is 0.348 e. The lowest BCUT2D eigenvalue weighted by molar-refractivity contribution is -0.0807. The van der Waals surface area contributed by atoms with Crippen LogP contribution in [0, 0.1) is 10.8 Å². The molecule has 10 heteroatoms. The average molecular weight is 432 g/mol. The number of nitrogens with zero attached hydrogens (tertiary/aromatic N) is 6. The Morgan fingerprint density at radius 2 is 1.16 bits per heavy atom. The third kappa shape index (κ3) is 2.86. The fourth-order valence-corrected chi connectivity index (χ4v) is 5.34. The topological polar surface area (TPSA) is 119 Å². The van der Waals surface area contributed by atoms with Crippen LogP contribution in [0.4, 0.5) is 0 Å². The summed E-state index contributed by atoms with van der Waals surface area (Å²) in [5.41, 5.74) is 1.47. The van der Waals surface area contributed by atoms with Gasteiger partial charge in [-0.15, -0.1) is 0 Å². The zero-order valence-electron chi connectivity index (χ0n) is 18.3. The van der Waals surface area contributed by atoms with Crippen LogP contribution in [0.1, 0.15) is 48.4 Å². The van der Waals surface area contributed by atoms with E-state index in [0.717, 1.165) is 0 Å². The molecule has 0 aromatic carbocycles. The van der Waals surface area contributed by atoms with Gasteiger partial charge in [-0.05, 0) is 0 Å². The highest BCUT2D eigenvalue weighted by molar-refractivity contribution is 6.01. The van der Waals surface area contributed by atoms with Gasteiger partial charge in [0.2, 0.25) is 0 Å². The summed E-state index contributed by atoms with van der Waals surface area (Å²) in [6, 6.07) is -0.324. The summed E-state index contributed by atoms with van der Waals surface area (Å²) in [4.78, 5) is 34.3. The van der Waals surface area contributed by atoms with Crippen molar-refractivity contribution in [3.05, 3.63) is 60.7 Å². The molecule has 5 rings (SSSR count). The van der Waals surface area contributed by atoms with Crippen LogP contribution in [0.25, 0.3) is 11.0 Å². The van der Waals surface area contributed by atoms with Gasteiger partial charge in [0.25, 0.3) is 11.8 Å². The third-order valence-corrected chi connectivity index (χ3v) is 6.67. The molecular weight excluding hydrogens is 408 g/mol. The molecule has 0 saturated heterocycles. The maximum Gasteiger partial charge on any atom is 0.255 e. The van der Waals surface area contributed by atoms with Gasteiger partial charge in [0.15, 0.2) is 0 Å². The molecule has 0 radical (unpaired) electrons. The van der Waals surface area contributed by atoms with Crippen LogP contribution in [0.5, 0.6) is 0 Å². The van der Waals surface area contributed by atoms with Crippen LogP contribution in [0.15, 0.2) is 49.6 Å². The average Bonchev–Trinajstić information content (AvgIpc) is 3.39. The Balaban J connectivity index is 1.35. The molecule has 1 fully saturated rings. The van der Waals surface area contributed by atoms with Crippen LogP contribution >= 0.6 is 0 Å². The zero-order chi connectivity index (χ0) is 22.7. The number of amides is 2. The fourth-order valence-electron chi connectivity index (χ4n) is 5.34. The quantitative estimate of drug-likeness (QED) is 0.507. The van der Waals surface area contributed by atoms with Gasteiger partial charge in [-0.2, -0.15) is 10.2 Å². The Morgan fingerprint density at radius 3 is 1.56 bits per heavy atom. The summed E-state index contributed by atoms with van der Waals surface area (Å²) >= 11 is 0. The van der Waals surface area contributed by atoms with E-state index in [1.807, 2.05) is 27.7 Å². The molecule has 1 saturated carbocycles. The number of hydrogen-bond donors (Lipinski definition) is 2. The number of nitrogens with one attached hydrogen (secondary N) is 2. The van der Waals surface area contributed by atoms with Crippen molar-refractivity contribution in [3.8, 4) is 0 Å². The lowest BCUT2D eigenvalue weighted by Crippen LogP contribution is -2.77. The molecule has 0 spiro atoms. The van der Waals surface area contributed by atoms with Crippen LogP contribution in [-0.2, 0) is 0 Å². The second-order valence-electron chi connectivity index (χ2n) is 9.38. The van der Waals surface area contributed by atoms with Crippen LogP contribution < -0.4 is 10.6 Å². The minimum atomic E-state index is -0.378. The van der Waals surface area contributed by atoms with E-state index in [4.69, 9.17) is 0 Å². The van der Waals surface area contributed by atoms with Gasteiger partial charge in [0.05, 0.1) is 46.9 Å². The summed E-state index contributed by atoms with van der Waals surface area (Å²) in [6.07, 6.45) is 13.0. The van der Waals surface area contributed by atoms with Crippen molar-refractivity contribution in [2.24, 2.45) is 10.8 Å². The Hall–Kier alpha value is -3.82. The number of rotatable bonds is 4. The minimum Gasteiger partial charge on any atom is -0.348 e. The van der Waals surface area contributed by atoms with Gasteiger partial charge in [0.1, 0.15) is 0 Å². The monoisotopic (exact) mass is 432 g/mol. The van der Waals surface area contributed by atoms with Gasteiger partial charge in [0, 0.05) is 47.7 Å². The van der Waals surface area contributed by atoms with E-state index in [-0.39, 0.29) is 34.7 Å². The highest BCUT2D eigenvalue weighted by atomic mass is 16.2. The smallest absolute Gasteiger partial charge is 0.255 e. The van der Waals surface area contributed by atoms with E-state index in [2.05, 4.69) is 30.8 Å². The van der Waals surface area contributed by atoms with Gasteiger partial charge < -0.3 is 10.6 Å². The molecule has 0 aliphatic heterocycles. The first-order valence-electron chi connectivity index (χ1n) is 10.4. The standard InChI is InChI=1S/C22H24N8O2/c1-21(2)19(27-17(31)13-9-25-29-7-5-23-11-15(13)29)22(3,4)20(21)28-18(32)14-10-26-30-8-6-24-12-16(14)30/h5-12,19-20H,1-4H3,(H,27,31)(H,28,32). The first-order valence-corrected chi connectivity index (χ1v) is 10.4. The fraction of sp³-hybridized carbons (Fsp3) is 0.364. The number of hydrogen-bond acceptors (Lipinski definition) is 6. The molecule has 1 aliphatic rings. The Kier molecular flexibility index (Phi) is 4.30. The van der Waals surface area contributed by atoms with Crippen molar-refractivity contribution in [3.63, 3.8) is 0 Å². The van der Waals surface area contributed by atoms with E-state index in [1.165, 1.54) is 0 Å². The molecule has 164 valence electrons. The summed E-state index contributed by atoms with van der Waals surface area (Å²) in [5, 5.41) is 14.8. The predicted molar refractivity (Wildman–Crippen MR) is 116 cm³/mol. The van der Waals surface area contributed by atoms with E-state index >= 15 is 0 Å². The summed E-state index contributed by atoms with van der Waals surface area (Å²) < 4.78 is 3.24. The molecule has 0 atom stereocenters. The molecule has 2 N–H and O–H groups in total. The van der Waals surface area contributed by atoms with Gasteiger partial charge in [-0.25, -0.2) is 9.03 Å². The normalized spacial score (nSPS) is 21.2. The van der Waals surface area contributed by atoms with Gasteiger partial charge >= 0.3 is 0 Å². The zero-order valence-corrected chi connectivity index (χ0v) is 18.3. The maximum atomic E-state index is 13.1. The van der Waals surface area contributed by atoms with Crippen LogP contribution in [-0.4, -0.2) is 53.1 Å². The molecule has 4 heterocycles. The second kappa shape index (κ2) is 6.84. The Morgan fingerprint density at radius 1 is 0.750 bits per heavy atom. The number of fused-ring (bicyclic) bond motifs is 2. The van der Waals surface area contributed by atoms with E-state index < -0.39 is 0 Å². The minimum absolute atomic E-state index is 0.162. The number of aromatic nitrogens is 6. The predicted octanol–water partition coefficient (Wildman–Crippen LogP) is 1.73. The summed E-state index contributed by atoms with van der Waals surface area (Å²) in [6.45, 7) is 8.18. The van der Waals surface area contributed by atoms with E-state index in [0.29, 0.717) is 22.2 Å². The summed E-state index contributed by atoms with van der Waals surface area (Å²) in [5.74, 6) is -0.421. The van der Waals surface area contributed by atoms with Gasteiger partial charge in [-0.3, -0.25) is 19.6 Å². The number of carbonyl (C=O) groups excluding carboxylic acids is 2. The van der Waals surface area contributed by atoms with Crippen molar-refractivity contribution < 1.29 is 9.59 Å². The van der Waals surface area contributed by atoms with Crippen LogP contribution in [0.2, 0.25) is 0 Å². The molecule has 10 nitrogen and oxygen atoms in total. The van der Waals surface area contributed by atoms with Gasteiger partial charge in [-0.1, -0.05) is 27.7 Å². The van der Waals surface area contributed by atoms with Crippen molar-refractivity contribution in [2.75, 3.05) is 0 Å². The van der Waals surface area contributed by atoms with E-state index in [9.17, 15) is 9.59 Å². The van der Waals surface area contributed by atoms with Crippen molar-refractivity contribution >= 4 is 22.8 Å². The first kappa shape index (κ1) is 20.1. The maximum absolute atomic E-state index is 13.1. The first-order chi connectivity index (χ1) is 15.2. The second-order valence-corrected chi connectivity index (χ2v) is 9.38. The highest BCUT2D eigenvalue weighted by Crippen LogP contribution is 2.54. The van der Waals surface area contributed by atoms with Crippen molar-refractivity contribution in [2.45, 2.75) is 39.8 Å². The molecule has 4 aromatic rings. The molecule has 0 bridgehead atoms.